The van der Waals surface area contributed by atoms with Crippen molar-refractivity contribution in [3.8, 4) is 0 Å². The van der Waals surface area contributed by atoms with Crippen molar-refractivity contribution in [1.82, 2.24) is 5.32 Å². The molecular weight excluding hydrogens is 298 g/mol. The molecule has 2 aliphatic carbocycles. The van der Waals surface area contributed by atoms with Crippen LogP contribution in [-0.2, 0) is 5.41 Å². The molecule has 0 bridgehead atoms. The lowest BCUT2D eigenvalue weighted by molar-refractivity contribution is 0.345. The fourth-order valence-electron chi connectivity index (χ4n) is 3.47. The van der Waals surface area contributed by atoms with Crippen molar-refractivity contribution in [1.29, 1.82) is 0 Å². The van der Waals surface area contributed by atoms with Crippen LogP contribution < -0.4 is 5.32 Å². The van der Waals surface area contributed by atoms with Crippen molar-refractivity contribution >= 4 is 15.9 Å². The highest BCUT2D eigenvalue weighted by Crippen LogP contribution is 2.41. The van der Waals surface area contributed by atoms with Crippen LogP contribution in [0.3, 0.4) is 0 Å². The van der Waals surface area contributed by atoms with E-state index in [0.717, 1.165) is 6.04 Å². The Labute approximate surface area is 125 Å². The molecule has 0 heterocycles. The first-order valence-corrected chi connectivity index (χ1v) is 8.58. The zero-order chi connectivity index (χ0) is 13.1. The number of hydrogen-bond donors (Lipinski definition) is 1. The summed E-state index contributed by atoms with van der Waals surface area (Å²) in [4.78, 5) is 0. The van der Waals surface area contributed by atoms with Crippen LogP contribution in [0, 0.1) is 0 Å². The highest BCUT2D eigenvalue weighted by Gasteiger charge is 2.35. The van der Waals surface area contributed by atoms with Crippen molar-refractivity contribution in [2.24, 2.45) is 0 Å². The second-order valence-corrected chi connectivity index (χ2v) is 7.18. The van der Waals surface area contributed by atoms with Gasteiger partial charge in [0.15, 0.2) is 0 Å². The Balaban J connectivity index is 1.86. The molecule has 0 saturated heterocycles. The smallest absolute Gasteiger partial charge is 0.0213 e. The SMILES string of the molecule is Brc1ccccc1C1(CNC2CC2)CCCCCC1. The summed E-state index contributed by atoms with van der Waals surface area (Å²) in [6.45, 7) is 1.17. The molecule has 2 fully saturated rings. The predicted octanol–water partition coefficient (Wildman–Crippen LogP) is 4.79. The van der Waals surface area contributed by atoms with Crippen molar-refractivity contribution in [3.05, 3.63) is 34.3 Å². The van der Waals surface area contributed by atoms with E-state index in [1.54, 1.807) is 0 Å². The maximum absolute atomic E-state index is 3.80. The number of halogens is 1. The van der Waals surface area contributed by atoms with E-state index < -0.39 is 0 Å². The van der Waals surface area contributed by atoms with E-state index in [0.29, 0.717) is 5.41 Å². The third kappa shape index (κ3) is 3.22. The largest absolute Gasteiger partial charge is 0.313 e. The molecule has 1 aromatic rings. The van der Waals surface area contributed by atoms with E-state index in [9.17, 15) is 0 Å². The van der Waals surface area contributed by atoms with E-state index >= 15 is 0 Å². The second kappa shape index (κ2) is 5.97. The van der Waals surface area contributed by atoms with Crippen LogP contribution >= 0.6 is 15.9 Å². The molecule has 19 heavy (non-hydrogen) atoms. The first kappa shape index (κ1) is 13.6. The summed E-state index contributed by atoms with van der Waals surface area (Å²) in [6, 6.07) is 9.68. The lowest BCUT2D eigenvalue weighted by Gasteiger charge is -2.35. The minimum Gasteiger partial charge on any atom is -0.313 e. The monoisotopic (exact) mass is 321 g/mol. The molecule has 0 aliphatic heterocycles. The van der Waals surface area contributed by atoms with E-state index in [1.807, 2.05) is 0 Å². The van der Waals surface area contributed by atoms with Crippen LogP contribution in [0.4, 0.5) is 0 Å². The van der Waals surface area contributed by atoms with Gasteiger partial charge in [-0.2, -0.15) is 0 Å². The molecule has 0 unspecified atom stereocenters. The van der Waals surface area contributed by atoms with Gasteiger partial charge in [0, 0.05) is 22.5 Å². The van der Waals surface area contributed by atoms with Gasteiger partial charge in [-0.05, 0) is 37.3 Å². The molecule has 0 atom stereocenters. The van der Waals surface area contributed by atoms with Crippen molar-refractivity contribution < 1.29 is 0 Å². The van der Waals surface area contributed by atoms with Crippen LogP contribution in [0.5, 0.6) is 0 Å². The van der Waals surface area contributed by atoms with Crippen LogP contribution in [0.1, 0.15) is 56.9 Å². The summed E-state index contributed by atoms with van der Waals surface area (Å²) in [5.74, 6) is 0. The molecule has 2 heteroatoms. The highest BCUT2D eigenvalue weighted by molar-refractivity contribution is 9.10. The van der Waals surface area contributed by atoms with Gasteiger partial charge in [0.2, 0.25) is 0 Å². The zero-order valence-corrected chi connectivity index (χ0v) is 13.2. The molecule has 1 N–H and O–H groups in total. The molecule has 2 saturated carbocycles. The molecule has 0 aromatic heterocycles. The number of nitrogens with one attached hydrogen (secondary N) is 1. The number of rotatable bonds is 4. The van der Waals surface area contributed by atoms with Crippen LogP contribution in [0.2, 0.25) is 0 Å². The molecular formula is C17H24BrN. The van der Waals surface area contributed by atoms with Gasteiger partial charge in [0.1, 0.15) is 0 Å². The van der Waals surface area contributed by atoms with Gasteiger partial charge < -0.3 is 5.32 Å². The molecule has 2 aliphatic rings. The Bertz CT molecular complexity index is 417. The van der Waals surface area contributed by atoms with Crippen molar-refractivity contribution in [3.63, 3.8) is 0 Å². The normalized spacial score (nSPS) is 23.0. The first-order valence-electron chi connectivity index (χ1n) is 7.79. The fraction of sp³-hybridized carbons (Fsp3) is 0.647. The quantitative estimate of drug-likeness (QED) is 0.786. The fourth-order valence-corrected chi connectivity index (χ4v) is 4.17. The summed E-state index contributed by atoms with van der Waals surface area (Å²) in [6.07, 6.45) is 11.0. The lowest BCUT2D eigenvalue weighted by atomic mass is 9.74. The Morgan fingerprint density at radius 2 is 1.74 bits per heavy atom. The minimum atomic E-state index is 0.360. The third-order valence-corrected chi connectivity index (χ3v) is 5.50. The predicted molar refractivity (Wildman–Crippen MR) is 84.5 cm³/mol. The van der Waals surface area contributed by atoms with Gasteiger partial charge >= 0.3 is 0 Å². The van der Waals surface area contributed by atoms with E-state index in [4.69, 9.17) is 0 Å². The Morgan fingerprint density at radius 1 is 1.05 bits per heavy atom. The molecule has 0 spiro atoms. The first-order chi connectivity index (χ1) is 9.30. The summed E-state index contributed by atoms with van der Waals surface area (Å²) in [5, 5.41) is 3.80. The van der Waals surface area contributed by atoms with E-state index in [1.165, 1.54) is 67.9 Å². The molecule has 0 amide bonds. The van der Waals surface area contributed by atoms with E-state index in [2.05, 4.69) is 45.5 Å². The number of benzene rings is 1. The van der Waals surface area contributed by atoms with Crippen molar-refractivity contribution in [2.45, 2.75) is 62.8 Å². The van der Waals surface area contributed by atoms with Crippen LogP contribution in [0.25, 0.3) is 0 Å². The lowest BCUT2D eigenvalue weighted by Crippen LogP contribution is -2.39. The second-order valence-electron chi connectivity index (χ2n) is 6.33. The minimum absolute atomic E-state index is 0.360. The Hall–Kier alpha value is -0.340. The topological polar surface area (TPSA) is 12.0 Å². The molecule has 0 radical (unpaired) electrons. The highest BCUT2D eigenvalue weighted by atomic mass is 79.9. The summed E-state index contributed by atoms with van der Waals surface area (Å²) in [7, 11) is 0. The molecule has 1 nitrogen and oxygen atoms in total. The van der Waals surface area contributed by atoms with Crippen molar-refractivity contribution in [2.75, 3.05) is 6.54 Å². The van der Waals surface area contributed by atoms with E-state index in [-0.39, 0.29) is 0 Å². The average molecular weight is 322 g/mol. The molecule has 104 valence electrons. The molecule has 3 rings (SSSR count). The summed E-state index contributed by atoms with van der Waals surface area (Å²) in [5.41, 5.74) is 1.89. The van der Waals surface area contributed by atoms with Gasteiger partial charge in [-0.25, -0.2) is 0 Å². The van der Waals surface area contributed by atoms with Gasteiger partial charge in [-0.3, -0.25) is 0 Å². The molecule has 1 aromatic carbocycles. The summed E-state index contributed by atoms with van der Waals surface area (Å²) >= 11 is 3.79. The maximum atomic E-state index is 3.80. The van der Waals surface area contributed by atoms with Gasteiger partial charge in [-0.15, -0.1) is 0 Å². The van der Waals surface area contributed by atoms with Gasteiger partial charge in [0.25, 0.3) is 0 Å². The van der Waals surface area contributed by atoms with Gasteiger partial charge in [0.05, 0.1) is 0 Å². The zero-order valence-electron chi connectivity index (χ0n) is 11.6. The Kier molecular flexibility index (Phi) is 4.28. The standard InChI is InChI=1S/C17H24BrN/c18-16-8-4-3-7-15(16)17(13-19-14-9-10-14)11-5-1-2-6-12-17/h3-4,7-8,14,19H,1-2,5-6,9-13H2. The third-order valence-electron chi connectivity index (χ3n) is 4.81. The van der Waals surface area contributed by atoms with Gasteiger partial charge in [-0.1, -0.05) is 59.8 Å². The van der Waals surface area contributed by atoms with Crippen LogP contribution in [0.15, 0.2) is 28.7 Å². The Morgan fingerprint density at radius 3 is 2.37 bits per heavy atom. The summed E-state index contributed by atoms with van der Waals surface area (Å²) < 4.78 is 1.30. The maximum Gasteiger partial charge on any atom is 0.0213 e. The van der Waals surface area contributed by atoms with Crippen LogP contribution in [-0.4, -0.2) is 12.6 Å². The number of hydrogen-bond acceptors (Lipinski definition) is 1. The average Bonchev–Trinajstić information content (AvgIpc) is 3.25.